The SMILES string of the molecule is CCCOc1ccccc1N1C(=O)C2[C@H](C1=O)C1C(C)=C(C(=O)OCC)C2(C)[C@H]2C(=O)N(c3ccccc3OCCC)C(=O)[C@@H]12. The Morgan fingerprint density at radius 3 is 1.58 bits per heavy atom. The van der Waals surface area contributed by atoms with Crippen LogP contribution in [-0.4, -0.2) is 49.4 Å². The van der Waals surface area contributed by atoms with Crippen LogP contribution in [0.3, 0.4) is 0 Å². The van der Waals surface area contributed by atoms with Crippen molar-refractivity contribution in [2.24, 2.45) is 35.0 Å². The van der Waals surface area contributed by atoms with Crippen molar-refractivity contribution in [1.82, 2.24) is 0 Å². The quantitative estimate of drug-likeness (QED) is 0.279. The van der Waals surface area contributed by atoms with Gasteiger partial charge in [-0.3, -0.25) is 19.2 Å². The Kier molecular flexibility index (Phi) is 7.79. The molecule has 0 spiro atoms. The highest BCUT2D eigenvalue weighted by Crippen LogP contribution is 2.69. The topological polar surface area (TPSA) is 120 Å². The molecule has 2 heterocycles. The number of imide groups is 2. The normalized spacial score (nSPS) is 28.5. The molecule has 2 bridgehead atoms. The Balaban J connectivity index is 1.51. The van der Waals surface area contributed by atoms with Gasteiger partial charge >= 0.3 is 5.97 Å². The van der Waals surface area contributed by atoms with E-state index in [1.54, 1.807) is 69.3 Å². The van der Waals surface area contributed by atoms with Crippen molar-refractivity contribution < 1.29 is 38.2 Å². The highest BCUT2D eigenvalue weighted by Gasteiger charge is 2.77. The molecule has 4 amide bonds. The van der Waals surface area contributed by atoms with E-state index >= 15 is 0 Å². The third-order valence-corrected chi connectivity index (χ3v) is 9.82. The Labute approximate surface area is 262 Å². The molecule has 0 N–H and O–H groups in total. The fourth-order valence-corrected chi connectivity index (χ4v) is 8.24. The van der Waals surface area contributed by atoms with Crippen molar-refractivity contribution in [3.8, 4) is 11.5 Å². The van der Waals surface area contributed by atoms with Gasteiger partial charge in [0.25, 0.3) is 0 Å². The molecule has 6 atom stereocenters. The molecule has 2 aromatic rings. The molecule has 2 saturated heterocycles. The summed E-state index contributed by atoms with van der Waals surface area (Å²) in [5.74, 6) is -6.78. The third-order valence-electron chi connectivity index (χ3n) is 9.82. The van der Waals surface area contributed by atoms with E-state index in [1.807, 2.05) is 13.8 Å². The summed E-state index contributed by atoms with van der Waals surface area (Å²) in [5.41, 5.74) is -0.174. The van der Waals surface area contributed by atoms with Crippen LogP contribution in [-0.2, 0) is 28.7 Å². The van der Waals surface area contributed by atoms with Crippen molar-refractivity contribution in [3.05, 3.63) is 59.7 Å². The molecule has 0 aromatic heterocycles. The van der Waals surface area contributed by atoms with Crippen LogP contribution in [0.2, 0.25) is 0 Å². The number of para-hydroxylation sites is 4. The van der Waals surface area contributed by atoms with Gasteiger partial charge in [-0.15, -0.1) is 0 Å². The minimum absolute atomic E-state index is 0.0842. The van der Waals surface area contributed by atoms with Crippen LogP contribution in [0.5, 0.6) is 11.5 Å². The molecule has 236 valence electrons. The Morgan fingerprint density at radius 1 is 0.711 bits per heavy atom. The number of anilines is 2. The second kappa shape index (κ2) is 11.5. The zero-order valence-electron chi connectivity index (χ0n) is 26.2. The lowest BCUT2D eigenvalue weighted by molar-refractivity contribution is -0.155. The molecule has 10 nitrogen and oxygen atoms in total. The molecule has 0 radical (unpaired) electrons. The molecule has 7 rings (SSSR count). The number of ether oxygens (including phenoxy) is 3. The summed E-state index contributed by atoms with van der Waals surface area (Å²) < 4.78 is 17.3. The van der Waals surface area contributed by atoms with Gasteiger partial charge in [0, 0.05) is 16.9 Å². The summed E-state index contributed by atoms with van der Waals surface area (Å²) in [6.07, 6.45) is 1.45. The summed E-state index contributed by atoms with van der Waals surface area (Å²) in [6, 6.07) is 13.7. The van der Waals surface area contributed by atoms with Gasteiger partial charge in [-0.05, 0) is 51.0 Å². The number of hydrogen-bond acceptors (Lipinski definition) is 8. The van der Waals surface area contributed by atoms with Crippen molar-refractivity contribution in [1.29, 1.82) is 0 Å². The average Bonchev–Trinajstić information content (AvgIpc) is 3.45. The molecule has 1 saturated carbocycles. The lowest BCUT2D eigenvalue weighted by Gasteiger charge is -2.55. The molecule has 3 aliphatic carbocycles. The Morgan fingerprint density at radius 2 is 1.16 bits per heavy atom. The number of benzene rings is 2. The molecule has 2 aromatic carbocycles. The number of allylic oxidation sites excluding steroid dienone is 1. The highest BCUT2D eigenvalue weighted by molar-refractivity contribution is 6.28. The van der Waals surface area contributed by atoms with Crippen LogP contribution in [0.1, 0.15) is 47.5 Å². The average molecular weight is 615 g/mol. The van der Waals surface area contributed by atoms with Crippen LogP contribution in [0.25, 0.3) is 0 Å². The third kappa shape index (κ3) is 4.24. The molecule has 3 fully saturated rings. The molecule has 10 heteroatoms. The first-order valence-corrected chi connectivity index (χ1v) is 15.7. The molecular weight excluding hydrogens is 576 g/mol. The Bertz CT molecular complexity index is 1530. The number of esters is 1. The first kappa shape index (κ1) is 30.6. The molecular formula is C35H38N2O8. The van der Waals surface area contributed by atoms with Gasteiger partial charge in [0.15, 0.2) is 0 Å². The maximum Gasteiger partial charge on any atom is 0.334 e. The largest absolute Gasteiger partial charge is 0.491 e. The molecule has 5 aliphatic rings. The first-order chi connectivity index (χ1) is 21.6. The summed E-state index contributed by atoms with van der Waals surface area (Å²) in [7, 11) is 0. The number of carbonyl (C=O) groups excluding carboxylic acids is 5. The van der Waals surface area contributed by atoms with Crippen LogP contribution in [0, 0.1) is 35.0 Å². The van der Waals surface area contributed by atoms with E-state index in [0.717, 1.165) is 22.6 Å². The predicted molar refractivity (Wildman–Crippen MR) is 164 cm³/mol. The van der Waals surface area contributed by atoms with Gasteiger partial charge in [0.1, 0.15) is 11.5 Å². The number of carbonyl (C=O) groups is 5. The fraction of sp³-hybridized carbons (Fsp3) is 0.457. The smallest absolute Gasteiger partial charge is 0.334 e. The zero-order chi connectivity index (χ0) is 32.2. The maximum atomic E-state index is 14.6. The second-order valence-corrected chi connectivity index (χ2v) is 12.3. The van der Waals surface area contributed by atoms with Crippen molar-refractivity contribution in [3.63, 3.8) is 0 Å². The van der Waals surface area contributed by atoms with Crippen LogP contribution >= 0.6 is 0 Å². The van der Waals surface area contributed by atoms with E-state index in [-0.39, 0.29) is 12.2 Å². The van der Waals surface area contributed by atoms with Gasteiger partial charge in [-0.2, -0.15) is 0 Å². The summed E-state index contributed by atoms with van der Waals surface area (Å²) in [4.78, 5) is 73.9. The van der Waals surface area contributed by atoms with Crippen LogP contribution in [0.15, 0.2) is 59.7 Å². The van der Waals surface area contributed by atoms with Crippen molar-refractivity contribution >= 4 is 41.0 Å². The minimum atomic E-state index is -1.50. The highest BCUT2D eigenvalue weighted by atomic mass is 16.5. The van der Waals surface area contributed by atoms with E-state index in [0.29, 0.717) is 41.7 Å². The van der Waals surface area contributed by atoms with Gasteiger partial charge in [-0.1, -0.05) is 50.6 Å². The summed E-state index contributed by atoms with van der Waals surface area (Å²) in [6.45, 7) is 9.85. The standard InChI is InChI=1S/C35H38N2O8/c1-6-17-44-22-15-11-9-13-20(22)36-30(38)25-24-19(4)27(34(42)43-8-3)35(5,28(25)32(36)40)29-26(24)31(39)37(33(29)41)21-14-10-12-16-23(21)45-18-7-2/h9-16,24-26,28-29H,6-8,17-18H2,1-5H3/t24?,25-,26+,28+,29?,35?/m0/s1. The monoisotopic (exact) mass is 614 g/mol. The maximum absolute atomic E-state index is 14.6. The van der Waals surface area contributed by atoms with Gasteiger partial charge in [0.2, 0.25) is 23.6 Å². The number of hydrogen-bond donors (Lipinski definition) is 0. The summed E-state index contributed by atoms with van der Waals surface area (Å²) in [5, 5.41) is 0. The van der Waals surface area contributed by atoms with E-state index in [2.05, 4.69) is 0 Å². The number of nitrogens with zero attached hydrogens (tertiary/aromatic N) is 2. The first-order valence-electron chi connectivity index (χ1n) is 15.7. The predicted octanol–water partition coefficient (Wildman–Crippen LogP) is 4.70. The van der Waals surface area contributed by atoms with Gasteiger partial charge < -0.3 is 14.2 Å². The van der Waals surface area contributed by atoms with Crippen LogP contribution in [0.4, 0.5) is 11.4 Å². The summed E-state index contributed by atoms with van der Waals surface area (Å²) >= 11 is 0. The van der Waals surface area contributed by atoms with Crippen LogP contribution < -0.4 is 19.3 Å². The van der Waals surface area contributed by atoms with E-state index in [1.165, 1.54) is 0 Å². The number of amides is 4. The van der Waals surface area contributed by atoms with Gasteiger partial charge in [0.05, 0.1) is 54.9 Å². The van der Waals surface area contributed by atoms with Crippen molar-refractivity contribution in [2.75, 3.05) is 29.6 Å². The van der Waals surface area contributed by atoms with Crippen molar-refractivity contribution in [2.45, 2.75) is 47.5 Å². The molecule has 3 unspecified atom stereocenters. The Hall–Kier alpha value is -4.47. The zero-order valence-corrected chi connectivity index (χ0v) is 26.2. The van der Waals surface area contributed by atoms with Gasteiger partial charge in [-0.25, -0.2) is 14.6 Å². The second-order valence-electron chi connectivity index (χ2n) is 12.3. The molecule has 2 aliphatic heterocycles. The van der Waals surface area contributed by atoms with E-state index in [9.17, 15) is 24.0 Å². The molecule has 45 heavy (non-hydrogen) atoms. The number of rotatable bonds is 10. The lowest BCUT2D eigenvalue weighted by Crippen LogP contribution is -2.61. The lowest BCUT2D eigenvalue weighted by atomic mass is 9.43. The van der Waals surface area contributed by atoms with E-state index < -0.39 is 64.6 Å². The fourth-order valence-electron chi connectivity index (χ4n) is 8.24. The van der Waals surface area contributed by atoms with E-state index in [4.69, 9.17) is 14.2 Å². The minimum Gasteiger partial charge on any atom is -0.491 e.